The molecule has 0 radical (unpaired) electrons. The van der Waals surface area contributed by atoms with Gasteiger partial charge < -0.3 is 9.88 Å². The molecule has 1 aromatic heterocycles. The average molecular weight is 387 g/mol. The van der Waals surface area contributed by atoms with Crippen LogP contribution in [0.4, 0.5) is 10.1 Å². The molecule has 0 atom stereocenters. The summed E-state index contributed by atoms with van der Waals surface area (Å²) >= 11 is 6.22. The van der Waals surface area contributed by atoms with Crippen LogP contribution in [0.15, 0.2) is 42.6 Å². The smallest absolute Gasteiger partial charge is 0.257 e. The Balaban J connectivity index is 1.88. The minimum atomic E-state index is -0.568. The van der Waals surface area contributed by atoms with Crippen LogP contribution in [0.1, 0.15) is 29.8 Å². The van der Waals surface area contributed by atoms with Crippen LogP contribution >= 0.6 is 11.6 Å². The van der Waals surface area contributed by atoms with Crippen molar-refractivity contribution >= 4 is 39.9 Å². The number of amides is 1. The first-order chi connectivity index (χ1) is 12.8. The number of fused-ring (bicyclic) bond motifs is 1. The number of ketones is 1. The van der Waals surface area contributed by atoms with Crippen LogP contribution in [0.2, 0.25) is 5.02 Å². The number of nitrogens with one attached hydrogen (secondary N) is 1. The normalized spacial score (nSPS) is 11.2. The third kappa shape index (κ3) is 3.88. The van der Waals surface area contributed by atoms with Crippen LogP contribution in [-0.2, 0) is 18.3 Å². The van der Waals surface area contributed by atoms with Crippen molar-refractivity contribution in [2.24, 2.45) is 13.0 Å². The number of hydrogen-bond acceptors (Lipinski definition) is 2. The van der Waals surface area contributed by atoms with Crippen molar-refractivity contribution in [1.29, 1.82) is 0 Å². The minimum absolute atomic E-state index is 0.0270. The zero-order valence-corrected chi connectivity index (χ0v) is 16.1. The van der Waals surface area contributed by atoms with Crippen LogP contribution in [0.3, 0.4) is 0 Å². The topological polar surface area (TPSA) is 51.1 Å². The lowest BCUT2D eigenvalue weighted by atomic mass is 10.0. The summed E-state index contributed by atoms with van der Waals surface area (Å²) in [6, 6.07) is 10.1. The third-order valence-corrected chi connectivity index (χ3v) is 4.85. The summed E-state index contributed by atoms with van der Waals surface area (Å²) in [6.45, 7) is 3.53. The number of benzene rings is 2. The second kappa shape index (κ2) is 7.53. The number of rotatable bonds is 5. The molecule has 140 valence electrons. The molecule has 27 heavy (non-hydrogen) atoms. The molecular formula is C21H20ClFN2O2. The van der Waals surface area contributed by atoms with Gasteiger partial charge in [-0.25, -0.2) is 4.39 Å². The van der Waals surface area contributed by atoms with Gasteiger partial charge in [-0.1, -0.05) is 43.6 Å². The zero-order valence-electron chi connectivity index (χ0n) is 15.3. The van der Waals surface area contributed by atoms with Gasteiger partial charge in [-0.2, -0.15) is 0 Å². The van der Waals surface area contributed by atoms with E-state index in [1.165, 1.54) is 6.07 Å². The largest absolute Gasteiger partial charge is 0.350 e. The number of carbonyl (C=O) groups excluding carboxylic acids is 2. The van der Waals surface area contributed by atoms with Crippen molar-refractivity contribution in [3.05, 3.63) is 64.6 Å². The Hall–Kier alpha value is -2.66. The molecule has 3 aromatic rings. The quantitative estimate of drug-likeness (QED) is 0.671. The van der Waals surface area contributed by atoms with E-state index in [1.807, 2.05) is 35.9 Å². The number of aryl methyl sites for hydroxylation is 1. The Kier molecular flexibility index (Phi) is 5.33. The Labute approximate surface area is 161 Å². The summed E-state index contributed by atoms with van der Waals surface area (Å²) in [5, 5.41) is 3.66. The molecule has 1 amide bonds. The average Bonchev–Trinajstić information content (AvgIpc) is 2.96. The molecule has 1 heterocycles. The zero-order chi connectivity index (χ0) is 19.7. The summed E-state index contributed by atoms with van der Waals surface area (Å²) in [5.41, 5.74) is 1.79. The standard InChI is InChI=1S/C21H20ClFN2O2/c1-12(2)20(26)9-13-8-16(22)18(10-17(13)23)24-21(27)15-11-25(3)19-7-5-4-6-14(15)19/h4-8,10-12H,9H2,1-3H3,(H,24,27). The molecule has 0 fully saturated rings. The van der Waals surface area contributed by atoms with E-state index in [-0.39, 0.29) is 40.3 Å². The van der Waals surface area contributed by atoms with E-state index >= 15 is 0 Å². The second-order valence-electron chi connectivity index (χ2n) is 6.85. The highest BCUT2D eigenvalue weighted by Crippen LogP contribution is 2.28. The van der Waals surface area contributed by atoms with Crippen molar-refractivity contribution in [2.45, 2.75) is 20.3 Å². The highest BCUT2D eigenvalue weighted by molar-refractivity contribution is 6.34. The minimum Gasteiger partial charge on any atom is -0.350 e. The molecule has 0 bridgehead atoms. The van der Waals surface area contributed by atoms with Crippen molar-refractivity contribution < 1.29 is 14.0 Å². The number of aromatic nitrogens is 1. The van der Waals surface area contributed by atoms with E-state index in [9.17, 15) is 14.0 Å². The summed E-state index contributed by atoms with van der Waals surface area (Å²) in [7, 11) is 1.85. The van der Waals surface area contributed by atoms with Crippen LogP contribution in [0.5, 0.6) is 0 Å². The van der Waals surface area contributed by atoms with E-state index in [1.54, 1.807) is 20.0 Å². The van der Waals surface area contributed by atoms with E-state index in [0.29, 0.717) is 5.56 Å². The first kappa shape index (κ1) is 19.1. The molecule has 3 rings (SSSR count). The van der Waals surface area contributed by atoms with Gasteiger partial charge in [0, 0.05) is 36.5 Å². The molecule has 0 saturated heterocycles. The molecule has 0 spiro atoms. The van der Waals surface area contributed by atoms with Crippen molar-refractivity contribution in [3.8, 4) is 0 Å². The Bertz CT molecular complexity index is 1040. The molecule has 0 aliphatic carbocycles. The predicted molar refractivity (Wildman–Crippen MR) is 106 cm³/mol. The Morgan fingerprint density at radius 2 is 1.93 bits per heavy atom. The van der Waals surface area contributed by atoms with Gasteiger partial charge >= 0.3 is 0 Å². The van der Waals surface area contributed by atoms with Crippen LogP contribution < -0.4 is 5.32 Å². The van der Waals surface area contributed by atoms with Gasteiger partial charge in [-0.3, -0.25) is 9.59 Å². The maximum atomic E-state index is 14.4. The third-order valence-electron chi connectivity index (χ3n) is 4.53. The van der Waals surface area contributed by atoms with Crippen molar-refractivity contribution in [2.75, 3.05) is 5.32 Å². The van der Waals surface area contributed by atoms with Gasteiger partial charge in [0.1, 0.15) is 11.6 Å². The number of carbonyl (C=O) groups is 2. The first-order valence-electron chi connectivity index (χ1n) is 8.64. The SMILES string of the molecule is CC(C)C(=O)Cc1cc(Cl)c(NC(=O)c2cn(C)c3ccccc23)cc1F. The first-order valence-corrected chi connectivity index (χ1v) is 9.01. The fourth-order valence-electron chi connectivity index (χ4n) is 2.92. The highest BCUT2D eigenvalue weighted by Gasteiger charge is 2.18. The van der Waals surface area contributed by atoms with Gasteiger partial charge in [-0.15, -0.1) is 0 Å². The van der Waals surface area contributed by atoms with Gasteiger partial charge in [0.25, 0.3) is 5.91 Å². The monoisotopic (exact) mass is 386 g/mol. The van der Waals surface area contributed by atoms with E-state index in [2.05, 4.69) is 5.32 Å². The molecular weight excluding hydrogens is 367 g/mol. The van der Waals surface area contributed by atoms with Crippen molar-refractivity contribution in [1.82, 2.24) is 4.57 Å². The van der Waals surface area contributed by atoms with Crippen LogP contribution in [0, 0.1) is 11.7 Å². The second-order valence-corrected chi connectivity index (χ2v) is 7.25. The number of para-hydroxylation sites is 1. The highest BCUT2D eigenvalue weighted by atomic mass is 35.5. The van der Waals surface area contributed by atoms with Gasteiger partial charge in [-0.05, 0) is 23.8 Å². The lowest BCUT2D eigenvalue weighted by Crippen LogP contribution is -2.14. The van der Waals surface area contributed by atoms with Crippen LogP contribution in [0.25, 0.3) is 10.9 Å². The van der Waals surface area contributed by atoms with Crippen molar-refractivity contribution in [3.63, 3.8) is 0 Å². The van der Waals surface area contributed by atoms with Crippen LogP contribution in [-0.4, -0.2) is 16.3 Å². The molecule has 6 heteroatoms. The number of Topliss-reactive ketones (excluding diaryl/α,β-unsaturated/α-hetero) is 1. The number of nitrogens with zero attached hydrogens (tertiary/aromatic N) is 1. The number of hydrogen-bond donors (Lipinski definition) is 1. The number of halogens is 2. The fraction of sp³-hybridized carbons (Fsp3) is 0.238. The van der Waals surface area contributed by atoms with E-state index < -0.39 is 5.82 Å². The summed E-state index contributed by atoms with van der Waals surface area (Å²) in [5.74, 6) is -1.20. The van der Waals surface area contributed by atoms with E-state index in [4.69, 9.17) is 11.6 Å². The Morgan fingerprint density at radius 1 is 1.22 bits per heavy atom. The fourth-order valence-corrected chi connectivity index (χ4v) is 3.16. The lowest BCUT2D eigenvalue weighted by Gasteiger charge is -2.11. The molecule has 0 saturated carbocycles. The van der Waals surface area contributed by atoms with Gasteiger partial charge in [0.05, 0.1) is 16.3 Å². The number of anilines is 1. The van der Waals surface area contributed by atoms with E-state index in [0.717, 1.165) is 17.0 Å². The summed E-state index contributed by atoms with van der Waals surface area (Å²) < 4.78 is 16.3. The lowest BCUT2D eigenvalue weighted by molar-refractivity contribution is -0.121. The summed E-state index contributed by atoms with van der Waals surface area (Å²) in [4.78, 5) is 24.6. The summed E-state index contributed by atoms with van der Waals surface area (Å²) in [6.07, 6.45) is 1.70. The molecule has 0 aliphatic heterocycles. The molecule has 1 N–H and O–H groups in total. The predicted octanol–water partition coefficient (Wildman–Crippen LogP) is 4.99. The Morgan fingerprint density at radius 3 is 2.63 bits per heavy atom. The molecule has 0 aliphatic rings. The maximum absolute atomic E-state index is 14.4. The molecule has 2 aromatic carbocycles. The molecule has 4 nitrogen and oxygen atoms in total. The van der Waals surface area contributed by atoms with Gasteiger partial charge in [0.2, 0.25) is 0 Å². The maximum Gasteiger partial charge on any atom is 0.257 e. The van der Waals surface area contributed by atoms with Gasteiger partial charge in [0.15, 0.2) is 0 Å². The molecule has 0 unspecified atom stereocenters.